The Balaban J connectivity index is 2.00. The molecule has 0 aromatic heterocycles. The molecule has 0 bridgehead atoms. The van der Waals surface area contributed by atoms with Crippen molar-refractivity contribution in [3.05, 3.63) is 45.6 Å². The summed E-state index contributed by atoms with van der Waals surface area (Å²) in [6.07, 6.45) is 5.93. The molecule has 1 saturated carbocycles. The minimum Gasteiger partial charge on any atom is -0.493 e. The first kappa shape index (κ1) is 29.4. The van der Waals surface area contributed by atoms with Gasteiger partial charge in [-0.2, -0.15) is 0 Å². The molecule has 2 aliphatic rings. The maximum atomic E-state index is 13.4. The van der Waals surface area contributed by atoms with Gasteiger partial charge in [0.05, 0.1) is 29.9 Å². The SMILES string of the molecule is C=CCCC(=O)N(C1CCCC1)C1CC(C(=O)NCCO)=CC(Oc2c(I)cc(CO)cc2OC)C1O. The molecular weight excluding hydrogens is 591 g/mol. The molecule has 0 radical (unpaired) electrons. The lowest BCUT2D eigenvalue weighted by atomic mass is 9.87. The maximum Gasteiger partial charge on any atom is 0.247 e. The van der Waals surface area contributed by atoms with Gasteiger partial charge in [0, 0.05) is 31.0 Å². The number of allylic oxidation sites excluding steroid dienone is 1. The molecule has 2 amide bonds. The fourth-order valence-electron chi connectivity index (χ4n) is 5.06. The van der Waals surface area contributed by atoms with E-state index >= 15 is 0 Å². The lowest BCUT2D eigenvalue weighted by molar-refractivity contribution is -0.142. The van der Waals surface area contributed by atoms with Crippen LogP contribution in [0.5, 0.6) is 11.5 Å². The fraction of sp³-hybridized carbons (Fsp3) is 0.556. The number of rotatable bonds is 12. The predicted molar refractivity (Wildman–Crippen MR) is 147 cm³/mol. The summed E-state index contributed by atoms with van der Waals surface area (Å²) in [6, 6.07) is 2.74. The summed E-state index contributed by atoms with van der Waals surface area (Å²) in [7, 11) is 1.49. The number of hydrogen-bond acceptors (Lipinski definition) is 7. The van der Waals surface area contributed by atoms with Gasteiger partial charge in [0.2, 0.25) is 11.8 Å². The lowest BCUT2D eigenvalue weighted by Gasteiger charge is -2.43. The molecule has 10 heteroatoms. The van der Waals surface area contributed by atoms with Gasteiger partial charge in [-0.3, -0.25) is 9.59 Å². The molecule has 1 aromatic carbocycles. The number of benzene rings is 1. The van der Waals surface area contributed by atoms with Crippen LogP contribution in [0.2, 0.25) is 0 Å². The van der Waals surface area contributed by atoms with Crippen molar-refractivity contribution in [2.24, 2.45) is 0 Å². The highest BCUT2D eigenvalue weighted by Gasteiger charge is 2.43. The van der Waals surface area contributed by atoms with Crippen molar-refractivity contribution >= 4 is 34.4 Å². The Kier molecular flexibility index (Phi) is 11.2. The van der Waals surface area contributed by atoms with Crippen molar-refractivity contribution < 1.29 is 34.4 Å². The second kappa shape index (κ2) is 14.1. The molecule has 2 aliphatic carbocycles. The van der Waals surface area contributed by atoms with E-state index in [4.69, 9.17) is 9.47 Å². The molecule has 4 N–H and O–H groups in total. The molecular formula is C27H37IN2O7. The van der Waals surface area contributed by atoms with Crippen LogP contribution < -0.4 is 14.8 Å². The number of halogens is 1. The minimum absolute atomic E-state index is 0.0176. The average molecular weight is 629 g/mol. The van der Waals surface area contributed by atoms with E-state index in [0.29, 0.717) is 32.6 Å². The number of aliphatic hydroxyl groups is 3. The van der Waals surface area contributed by atoms with E-state index in [1.54, 1.807) is 29.2 Å². The monoisotopic (exact) mass is 628 g/mol. The number of hydrogen-bond donors (Lipinski definition) is 4. The van der Waals surface area contributed by atoms with Crippen LogP contribution in [0.1, 0.15) is 50.5 Å². The van der Waals surface area contributed by atoms with E-state index in [9.17, 15) is 24.9 Å². The van der Waals surface area contributed by atoms with Gasteiger partial charge in [-0.05, 0) is 65.6 Å². The normalized spacial score (nSPS) is 21.8. The molecule has 37 heavy (non-hydrogen) atoms. The quantitative estimate of drug-likeness (QED) is 0.207. The molecule has 3 atom stereocenters. The summed E-state index contributed by atoms with van der Waals surface area (Å²) in [4.78, 5) is 28.1. The molecule has 3 rings (SSSR count). The molecule has 204 valence electrons. The predicted octanol–water partition coefficient (Wildman–Crippen LogP) is 2.45. The maximum absolute atomic E-state index is 13.4. The minimum atomic E-state index is -1.10. The van der Waals surface area contributed by atoms with Crippen molar-refractivity contribution in [3.63, 3.8) is 0 Å². The molecule has 0 spiro atoms. The number of nitrogens with zero attached hydrogens (tertiary/aromatic N) is 1. The molecule has 1 fully saturated rings. The Morgan fingerprint density at radius 1 is 1.27 bits per heavy atom. The second-order valence-corrected chi connectivity index (χ2v) is 10.5. The number of nitrogens with one attached hydrogen (secondary N) is 1. The zero-order valence-electron chi connectivity index (χ0n) is 21.2. The lowest BCUT2D eigenvalue weighted by Crippen LogP contribution is -2.57. The van der Waals surface area contributed by atoms with Crippen LogP contribution in [0, 0.1) is 3.57 Å². The van der Waals surface area contributed by atoms with Crippen LogP contribution in [-0.2, 0) is 16.2 Å². The van der Waals surface area contributed by atoms with Gasteiger partial charge in [-0.1, -0.05) is 18.9 Å². The van der Waals surface area contributed by atoms with Crippen molar-refractivity contribution in [2.45, 2.75) is 75.8 Å². The largest absolute Gasteiger partial charge is 0.493 e. The number of methoxy groups -OCH3 is 1. The summed E-state index contributed by atoms with van der Waals surface area (Å²) in [5.74, 6) is 0.314. The molecule has 3 unspecified atom stereocenters. The fourth-order valence-corrected chi connectivity index (χ4v) is 5.85. The van der Waals surface area contributed by atoms with Gasteiger partial charge >= 0.3 is 0 Å². The van der Waals surface area contributed by atoms with E-state index < -0.39 is 18.2 Å². The number of carbonyl (C=O) groups is 2. The Morgan fingerprint density at radius 3 is 2.62 bits per heavy atom. The first-order valence-electron chi connectivity index (χ1n) is 12.7. The summed E-state index contributed by atoms with van der Waals surface area (Å²) >= 11 is 2.07. The van der Waals surface area contributed by atoms with Gasteiger partial charge in [0.25, 0.3) is 0 Å². The van der Waals surface area contributed by atoms with E-state index in [0.717, 1.165) is 25.7 Å². The summed E-state index contributed by atoms with van der Waals surface area (Å²) in [5, 5.41) is 33.0. The Labute approximate surface area is 231 Å². The van der Waals surface area contributed by atoms with Crippen molar-refractivity contribution in [3.8, 4) is 11.5 Å². The average Bonchev–Trinajstić information content (AvgIpc) is 3.43. The highest BCUT2D eigenvalue weighted by molar-refractivity contribution is 14.1. The van der Waals surface area contributed by atoms with Crippen LogP contribution in [-0.4, -0.2) is 76.6 Å². The Morgan fingerprint density at radius 2 is 2.00 bits per heavy atom. The number of aliphatic hydroxyl groups excluding tert-OH is 3. The third kappa shape index (κ3) is 7.24. The van der Waals surface area contributed by atoms with Crippen molar-refractivity contribution in [2.75, 3.05) is 20.3 Å². The topological polar surface area (TPSA) is 129 Å². The molecule has 1 aromatic rings. The zero-order chi connectivity index (χ0) is 26.9. The van der Waals surface area contributed by atoms with E-state index in [2.05, 4.69) is 34.5 Å². The van der Waals surface area contributed by atoms with Crippen LogP contribution in [0.3, 0.4) is 0 Å². The van der Waals surface area contributed by atoms with Crippen LogP contribution in [0.15, 0.2) is 36.4 Å². The summed E-state index contributed by atoms with van der Waals surface area (Å²) in [6.45, 7) is 3.45. The van der Waals surface area contributed by atoms with Crippen LogP contribution in [0.25, 0.3) is 0 Å². The smallest absolute Gasteiger partial charge is 0.247 e. The van der Waals surface area contributed by atoms with E-state index in [1.807, 2.05) is 0 Å². The van der Waals surface area contributed by atoms with Crippen molar-refractivity contribution in [1.82, 2.24) is 10.2 Å². The highest BCUT2D eigenvalue weighted by Crippen LogP contribution is 2.38. The standard InChI is InChI=1S/C27H37IN2O7/c1-3-4-9-24(33)30(19-7-5-6-8-19)21-14-18(27(35)29-10-11-31)15-22(25(21)34)37-26-20(28)12-17(16-32)13-23(26)36-2/h3,12-13,15,19,21-22,25,31-32,34H,1,4-11,14,16H2,2H3,(H,29,35). The van der Waals surface area contributed by atoms with E-state index in [1.165, 1.54) is 7.11 Å². The van der Waals surface area contributed by atoms with Gasteiger partial charge in [-0.25, -0.2) is 0 Å². The third-order valence-electron chi connectivity index (χ3n) is 6.87. The van der Waals surface area contributed by atoms with E-state index in [-0.39, 0.29) is 50.5 Å². The molecule has 0 aliphatic heterocycles. The Bertz CT molecular complexity index is 993. The summed E-state index contributed by atoms with van der Waals surface area (Å²) in [5.41, 5.74) is 1.03. The molecule has 9 nitrogen and oxygen atoms in total. The Hall–Kier alpha value is -2.15. The number of ether oxygens (including phenoxy) is 2. The first-order chi connectivity index (χ1) is 17.8. The van der Waals surface area contributed by atoms with Gasteiger partial charge < -0.3 is 35.0 Å². The van der Waals surface area contributed by atoms with Crippen LogP contribution in [0.4, 0.5) is 0 Å². The second-order valence-electron chi connectivity index (χ2n) is 9.35. The number of amides is 2. The zero-order valence-corrected chi connectivity index (χ0v) is 23.4. The van der Waals surface area contributed by atoms with Crippen LogP contribution >= 0.6 is 22.6 Å². The van der Waals surface area contributed by atoms with Gasteiger partial charge in [0.15, 0.2) is 11.5 Å². The van der Waals surface area contributed by atoms with Gasteiger partial charge in [0.1, 0.15) is 12.2 Å². The molecule has 0 saturated heterocycles. The highest BCUT2D eigenvalue weighted by atomic mass is 127. The first-order valence-corrected chi connectivity index (χ1v) is 13.8. The number of carbonyl (C=O) groups excluding carboxylic acids is 2. The van der Waals surface area contributed by atoms with Crippen molar-refractivity contribution in [1.29, 1.82) is 0 Å². The summed E-state index contributed by atoms with van der Waals surface area (Å²) < 4.78 is 12.4. The third-order valence-corrected chi connectivity index (χ3v) is 7.67. The molecule has 0 heterocycles. The van der Waals surface area contributed by atoms with Gasteiger partial charge in [-0.15, -0.1) is 6.58 Å².